The summed E-state index contributed by atoms with van der Waals surface area (Å²) in [5.41, 5.74) is -1.04. The maximum absolute atomic E-state index is 13.6. The second-order valence-corrected chi connectivity index (χ2v) is 16.5. The summed E-state index contributed by atoms with van der Waals surface area (Å²) in [5, 5.41) is 11.2. The van der Waals surface area contributed by atoms with E-state index in [-0.39, 0.29) is 67.9 Å². The molecule has 0 spiro atoms. The van der Waals surface area contributed by atoms with Crippen LogP contribution in [0.1, 0.15) is 55.7 Å². The SMILES string of the molecule is C.C.CCOC(=O)C(Oc1ccc(Cl)cc1-c1nc2ccccc2o1)c1cccc(C(F)(F)F)c1.O=C(O)C(Cc1ccccc1)(Oc1ccc(Cl)cc1-c1nc2ccccc2o1)c1cccc(C(F)(F)F)c1. The quantitative estimate of drug-likeness (QED) is 0.0878. The number of ether oxygens (including phenoxy) is 3. The van der Waals surface area contributed by atoms with Gasteiger partial charge in [-0.2, -0.15) is 26.3 Å². The number of rotatable bonds is 13. The summed E-state index contributed by atoms with van der Waals surface area (Å²) in [5.74, 6) is -1.85. The Bertz CT molecular complexity index is 3300. The van der Waals surface area contributed by atoms with Crippen molar-refractivity contribution in [2.75, 3.05) is 6.61 Å². The van der Waals surface area contributed by atoms with Gasteiger partial charge >= 0.3 is 24.3 Å². The smallest absolute Gasteiger partial charge is 0.416 e. The third-order valence-electron chi connectivity index (χ3n) is 10.8. The van der Waals surface area contributed by atoms with Gasteiger partial charge in [0, 0.05) is 27.6 Å². The van der Waals surface area contributed by atoms with Gasteiger partial charge in [-0.15, -0.1) is 0 Å². The Labute approximate surface area is 424 Å². The van der Waals surface area contributed by atoms with Crippen molar-refractivity contribution in [1.29, 1.82) is 0 Å². The first-order valence-electron chi connectivity index (χ1n) is 21.4. The minimum absolute atomic E-state index is 0. The normalized spacial score (nSPS) is 12.6. The standard InChI is InChI=1S/C29H19ClF3NO4.C24H17ClF3NO4.2CH4/c30-21-13-14-24(22(16-21)26-34-23-11-4-5-12-25(23)37-26)38-28(27(35)36,17-18-7-2-1-3-8-18)19-9-6-10-20(15-19)29(31,32)33;1-2-31-23(30)21(14-6-5-7-15(12-14)24(26,27)28)32-19-11-10-16(25)13-17(19)22-29-18-8-3-4-9-20(18)33-22;;/h1-16H,17H2,(H,35,36);3-13,21H,2H2,1H3;2*1H4. The number of hydrogen-bond acceptors (Lipinski definition) is 9. The van der Waals surface area contributed by atoms with E-state index in [0.717, 1.165) is 30.3 Å². The van der Waals surface area contributed by atoms with Crippen molar-refractivity contribution in [3.63, 3.8) is 0 Å². The number of fused-ring (bicyclic) bond motifs is 2. The number of carboxylic acids is 1. The number of carbonyl (C=O) groups is 2. The molecule has 1 N–H and O–H groups in total. The summed E-state index contributed by atoms with van der Waals surface area (Å²) in [6, 6.07) is 40.1. The molecule has 9 aromatic rings. The molecule has 0 bridgehead atoms. The van der Waals surface area contributed by atoms with Crippen molar-refractivity contribution in [2.45, 2.75) is 52.3 Å². The van der Waals surface area contributed by atoms with Crippen LogP contribution in [0.5, 0.6) is 11.5 Å². The van der Waals surface area contributed by atoms with Crippen LogP contribution in [-0.2, 0) is 38.7 Å². The van der Waals surface area contributed by atoms with E-state index in [0.29, 0.717) is 43.4 Å². The van der Waals surface area contributed by atoms with Gasteiger partial charge in [0.15, 0.2) is 11.2 Å². The van der Waals surface area contributed by atoms with Crippen LogP contribution in [0, 0.1) is 0 Å². The van der Waals surface area contributed by atoms with Gasteiger partial charge in [0.2, 0.25) is 23.5 Å². The fourth-order valence-corrected chi connectivity index (χ4v) is 7.78. The molecular formula is C55H44Cl2F6N2O8. The molecular weight excluding hydrogens is 1000 g/mol. The molecule has 10 nitrogen and oxygen atoms in total. The van der Waals surface area contributed by atoms with E-state index in [2.05, 4.69) is 9.97 Å². The summed E-state index contributed by atoms with van der Waals surface area (Å²) in [4.78, 5) is 34.5. The lowest BCUT2D eigenvalue weighted by Crippen LogP contribution is -2.44. The number of nitrogens with zero attached hydrogens (tertiary/aromatic N) is 2. The number of aliphatic carboxylic acids is 1. The van der Waals surface area contributed by atoms with Crippen molar-refractivity contribution >= 4 is 57.3 Å². The molecule has 0 amide bonds. The van der Waals surface area contributed by atoms with Gasteiger partial charge in [-0.05, 0) is 97.4 Å². The molecule has 0 aliphatic rings. The second-order valence-electron chi connectivity index (χ2n) is 15.6. The van der Waals surface area contributed by atoms with Crippen LogP contribution in [-0.4, -0.2) is 33.6 Å². The average Bonchev–Trinajstić information content (AvgIpc) is 3.99. The van der Waals surface area contributed by atoms with Crippen LogP contribution in [0.2, 0.25) is 10.0 Å². The minimum atomic E-state index is -4.68. The predicted octanol–water partition coefficient (Wildman–Crippen LogP) is 15.9. The van der Waals surface area contributed by atoms with Gasteiger partial charge in [-0.25, -0.2) is 19.6 Å². The van der Waals surface area contributed by atoms with Crippen LogP contribution in [0.3, 0.4) is 0 Å². The summed E-state index contributed by atoms with van der Waals surface area (Å²) in [6.07, 6.45) is -11.0. The highest BCUT2D eigenvalue weighted by Gasteiger charge is 2.46. The maximum atomic E-state index is 13.6. The molecule has 0 aliphatic heterocycles. The first-order valence-corrected chi connectivity index (χ1v) is 22.1. The number of carbonyl (C=O) groups excluding carboxylic acids is 1. The molecule has 0 fully saturated rings. The van der Waals surface area contributed by atoms with E-state index < -0.39 is 47.1 Å². The molecule has 0 saturated carbocycles. The van der Waals surface area contributed by atoms with Gasteiger partial charge in [0.25, 0.3) is 0 Å². The Morgan fingerprint density at radius 3 is 1.63 bits per heavy atom. The Morgan fingerprint density at radius 1 is 0.603 bits per heavy atom. The zero-order valence-electron chi connectivity index (χ0n) is 36.8. The first kappa shape index (κ1) is 54.5. The van der Waals surface area contributed by atoms with Crippen molar-refractivity contribution in [3.05, 3.63) is 202 Å². The fraction of sp³-hybridized carbons (Fsp3) is 0.164. The molecule has 378 valence electrons. The number of oxazole rings is 2. The summed E-state index contributed by atoms with van der Waals surface area (Å²) in [7, 11) is 0. The second kappa shape index (κ2) is 22.7. The molecule has 73 heavy (non-hydrogen) atoms. The Balaban J connectivity index is 0.000000234. The van der Waals surface area contributed by atoms with Crippen LogP contribution in [0.4, 0.5) is 26.3 Å². The third-order valence-corrected chi connectivity index (χ3v) is 11.2. The lowest BCUT2D eigenvalue weighted by Gasteiger charge is -2.32. The van der Waals surface area contributed by atoms with Gasteiger partial charge < -0.3 is 28.2 Å². The van der Waals surface area contributed by atoms with E-state index in [4.69, 9.17) is 46.2 Å². The lowest BCUT2D eigenvalue weighted by atomic mass is 9.85. The summed E-state index contributed by atoms with van der Waals surface area (Å²) >= 11 is 12.4. The van der Waals surface area contributed by atoms with Gasteiger partial charge in [0.1, 0.15) is 22.5 Å². The molecule has 2 heterocycles. The van der Waals surface area contributed by atoms with Gasteiger partial charge in [-0.1, -0.05) is 117 Å². The van der Waals surface area contributed by atoms with Crippen molar-refractivity contribution in [2.24, 2.45) is 0 Å². The molecule has 2 unspecified atom stereocenters. The number of aromatic nitrogens is 2. The Morgan fingerprint density at radius 2 is 1.10 bits per heavy atom. The topological polar surface area (TPSA) is 134 Å². The van der Waals surface area contributed by atoms with Crippen LogP contribution in [0.15, 0.2) is 173 Å². The monoisotopic (exact) mass is 1040 g/mol. The number of halogens is 8. The Hall–Kier alpha value is -7.82. The molecule has 18 heteroatoms. The van der Waals surface area contributed by atoms with Crippen molar-refractivity contribution in [1.82, 2.24) is 9.97 Å². The molecule has 0 radical (unpaired) electrons. The zero-order chi connectivity index (χ0) is 50.5. The number of esters is 1. The number of hydrogen-bond donors (Lipinski definition) is 1. The lowest BCUT2D eigenvalue weighted by molar-refractivity contribution is -0.157. The number of benzene rings is 7. The summed E-state index contributed by atoms with van der Waals surface area (Å²) < 4.78 is 109. The molecule has 2 atom stereocenters. The highest BCUT2D eigenvalue weighted by Crippen LogP contribution is 2.42. The molecule has 0 saturated heterocycles. The molecule has 9 rings (SSSR count). The highest BCUT2D eigenvalue weighted by atomic mass is 35.5. The molecule has 7 aromatic carbocycles. The van der Waals surface area contributed by atoms with E-state index in [1.807, 2.05) is 0 Å². The fourth-order valence-electron chi connectivity index (χ4n) is 7.44. The van der Waals surface area contributed by atoms with E-state index in [9.17, 15) is 41.0 Å². The third kappa shape index (κ3) is 12.4. The number of alkyl halides is 6. The number of carboxylic acid groups (broad SMARTS) is 1. The highest BCUT2D eigenvalue weighted by molar-refractivity contribution is 6.31. The predicted molar refractivity (Wildman–Crippen MR) is 265 cm³/mol. The molecule has 2 aromatic heterocycles. The first-order chi connectivity index (χ1) is 33.9. The van der Waals surface area contributed by atoms with E-state index >= 15 is 0 Å². The van der Waals surface area contributed by atoms with Crippen molar-refractivity contribution in [3.8, 4) is 34.4 Å². The van der Waals surface area contributed by atoms with Crippen molar-refractivity contribution < 1.29 is 64.1 Å². The van der Waals surface area contributed by atoms with Crippen LogP contribution in [0.25, 0.3) is 45.1 Å². The van der Waals surface area contributed by atoms with Gasteiger partial charge in [-0.3, -0.25) is 0 Å². The van der Waals surface area contributed by atoms with E-state index in [1.54, 1.807) is 85.8 Å². The van der Waals surface area contributed by atoms with E-state index in [1.165, 1.54) is 54.6 Å². The summed E-state index contributed by atoms with van der Waals surface area (Å²) in [6.45, 7) is 1.61. The average molecular weight is 1050 g/mol. The number of para-hydroxylation sites is 4. The largest absolute Gasteiger partial charge is 0.478 e. The van der Waals surface area contributed by atoms with Gasteiger partial charge in [0.05, 0.1) is 28.9 Å². The molecule has 0 aliphatic carbocycles. The maximum Gasteiger partial charge on any atom is 0.416 e. The van der Waals surface area contributed by atoms with Crippen LogP contribution >= 0.6 is 23.2 Å². The zero-order valence-corrected chi connectivity index (χ0v) is 38.3. The minimum Gasteiger partial charge on any atom is -0.478 e. The van der Waals surface area contributed by atoms with Crippen LogP contribution < -0.4 is 9.47 Å². The Kier molecular flexibility index (Phi) is 17.0.